The Kier molecular flexibility index (Phi) is 7.84. The second-order valence-electron chi connectivity index (χ2n) is 6.78. The molecule has 0 atom stereocenters. The molecule has 0 N–H and O–H groups in total. The van der Waals surface area contributed by atoms with Crippen LogP contribution in [-0.4, -0.2) is 36.9 Å². The number of hydrogen-bond donors (Lipinski definition) is 0. The fourth-order valence-electron chi connectivity index (χ4n) is 2.96. The highest BCUT2D eigenvalue weighted by molar-refractivity contribution is 7.89. The van der Waals surface area contributed by atoms with Crippen molar-refractivity contribution >= 4 is 33.7 Å². The summed E-state index contributed by atoms with van der Waals surface area (Å²) in [6.45, 7) is 4.32. The van der Waals surface area contributed by atoms with Gasteiger partial charge in [0.1, 0.15) is 5.69 Å². The van der Waals surface area contributed by atoms with Crippen LogP contribution in [0, 0.1) is 0 Å². The zero-order valence-corrected chi connectivity index (χ0v) is 19.3. The van der Waals surface area contributed by atoms with E-state index in [4.69, 9.17) is 20.9 Å². The first-order chi connectivity index (χ1) is 15.3. The van der Waals surface area contributed by atoms with Gasteiger partial charge >= 0.3 is 5.97 Å². The monoisotopic (exact) mass is 474 g/mol. The zero-order valence-electron chi connectivity index (χ0n) is 17.7. The quantitative estimate of drug-likeness (QED) is 0.327. The van der Waals surface area contributed by atoms with Crippen molar-refractivity contribution in [1.82, 2.24) is 9.46 Å². The standard InChI is InChI=1S/C23H23ClN2O5S/c1-3-26(4-2)32(28,29)21-12-5-17(6-13-21)7-14-23(27)30-16-20-15-22(25-31-20)18-8-10-19(24)11-9-18/h5-15H,3-4,16H2,1-2H3/b14-7+. The smallest absolute Gasteiger partial charge is 0.331 e. The Morgan fingerprint density at radius 1 is 1.09 bits per heavy atom. The lowest BCUT2D eigenvalue weighted by molar-refractivity contribution is -0.139. The van der Waals surface area contributed by atoms with Gasteiger partial charge in [0.05, 0.1) is 4.90 Å². The molecule has 0 fully saturated rings. The predicted octanol–water partition coefficient (Wildman–Crippen LogP) is 4.78. The molecule has 0 aliphatic carbocycles. The van der Waals surface area contributed by atoms with Crippen molar-refractivity contribution in [3.8, 4) is 11.3 Å². The Morgan fingerprint density at radius 2 is 1.75 bits per heavy atom. The summed E-state index contributed by atoms with van der Waals surface area (Å²) in [6, 6.07) is 15.1. The second-order valence-corrected chi connectivity index (χ2v) is 9.16. The van der Waals surface area contributed by atoms with Crippen LogP contribution in [0.15, 0.2) is 70.1 Å². The van der Waals surface area contributed by atoms with E-state index >= 15 is 0 Å². The summed E-state index contributed by atoms with van der Waals surface area (Å²) in [5.74, 6) is -0.156. The summed E-state index contributed by atoms with van der Waals surface area (Å²) in [5.41, 5.74) is 2.12. The summed E-state index contributed by atoms with van der Waals surface area (Å²) in [7, 11) is -3.51. The van der Waals surface area contributed by atoms with Crippen molar-refractivity contribution in [1.29, 1.82) is 0 Å². The van der Waals surface area contributed by atoms with E-state index in [0.29, 0.717) is 35.1 Å². The molecule has 1 heterocycles. The van der Waals surface area contributed by atoms with E-state index in [1.165, 1.54) is 22.5 Å². The van der Waals surface area contributed by atoms with Crippen LogP contribution in [0.4, 0.5) is 0 Å². The largest absolute Gasteiger partial charge is 0.454 e. The number of hydrogen-bond acceptors (Lipinski definition) is 6. The maximum absolute atomic E-state index is 12.5. The third kappa shape index (κ3) is 5.85. The third-order valence-corrected chi connectivity index (χ3v) is 7.01. The molecule has 32 heavy (non-hydrogen) atoms. The lowest BCUT2D eigenvalue weighted by atomic mass is 10.1. The van der Waals surface area contributed by atoms with Crippen molar-refractivity contribution in [2.24, 2.45) is 0 Å². The minimum absolute atomic E-state index is 0.0647. The van der Waals surface area contributed by atoms with Crippen LogP contribution < -0.4 is 0 Å². The molecule has 0 amide bonds. The van der Waals surface area contributed by atoms with Gasteiger partial charge in [0.2, 0.25) is 10.0 Å². The number of ether oxygens (including phenoxy) is 1. The molecule has 9 heteroatoms. The Morgan fingerprint density at radius 3 is 2.38 bits per heavy atom. The second kappa shape index (κ2) is 10.6. The van der Waals surface area contributed by atoms with Crippen LogP contribution in [0.3, 0.4) is 0 Å². The molecule has 168 valence electrons. The van der Waals surface area contributed by atoms with Crippen LogP contribution in [0.5, 0.6) is 0 Å². The number of aromatic nitrogens is 1. The molecule has 1 aromatic heterocycles. The number of nitrogens with zero attached hydrogens (tertiary/aromatic N) is 2. The average Bonchev–Trinajstić information content (AvgIpc) is 3.27. The number of esters is 1. The molecular formula is C23H23ClN2O5S. The molecule has 3 aromatic rings. The Hall–Kier alpha value is -2.94. The molecule has 2 aromatic carbocycles. The highest BCUT2D eigenvalue weighted by Crippen LogP contribution is 2.22. The molecule has 0 aliphatic heterocycles. The fraction of sp³-hybridized carbons (Fsp3) is 0.217. The summed E-state index contributed by atoms with van der Waals surface area (Å²) >= 11 is 5.88. The molecule has 0 spiro atoms. The molecule has 3 rings (SSSR count). The van der Waals surface area contributed by atoms with Gasteiger partial charge in [-0.05, 0) is 35.9 Å². The number of rotatable bonds is 9. The van der Waals surface area contributed by atoms with Crippen molar-refractivity contribution < 1.29 is 22.5 Å². The lowest BCUT2D eigenvalue weighted by Crippen LogP contribution is -2.30. The van der Waals surface area contributed by atoms with Gasteiger partial charge in [-0.1, -0.05) is 54.9 Å². The van der Waals surface area contributed by atoms with Gasteiger partial charge in [-0.3, -0.25) is 0 Å². The first kappa shape index (κ1) is 23.7. The van der Waals surface area contributed by atoms with Crippen LogP contribution in [-0.2, 0) is 26.2 Å². The molecule has 0 saturated heterocycles. The molecule has 0 aliphatic rings. The fourth-order valence-corrected chi connectivity index (χ4v) is 4.54. The molecule has 0 bridgehead atoms. The van der Waals surface area contributed by atoms with E-state index in [9.17, 15) is 13.2 Å². The Balaban J connectivity index is 1.56. The minimum atomic E-state index is -3.51. The van der Waals surface area contributed by atoms with E-state index in [-0.39, 0.29) is 11.5 Å². The van der Waals surface area contributed by atoms with E-state index in [1.54, 1.807) is 50.3 Å². The summed E-state index contributed by atoms with van der Waals surface area (Å²) in [4.78, 5) is 12.2. The third-order valence-electron chi connectivity index (χ3n) is 4.69. The summed E-state index contributed by atoms with van der Waals surface area (Å²) < 4.78 is 36.8. The Bertz CT molecular complexity index is 1180. The van der Waals surface area contributed by atoms with Crippen LogP contribution >= 0.6 is 11.6 Å². The van der Waals surface area contributed by atoms with E-state index in [0.717, 1.165) is 5.56 Å². The van der Waals surface area contributed by atoms with Crippen molar-refractivity contribution in [3.63, 3.8) is 0 Å². The van der Waals surface area contributed by atoms with E-state index in [2.05, 4.69) is 5.16 Å². The molecular weight excluding hydrogens is 452 g/mol. The minimum Gasteiger partial charge on any atom is -0.454 e. The maximum atomic E-state index is 12.5. The number of sulfonamides is 1. The highest BCUT2D eigenvalue weighted by Gasteiger charge is 2.20. The van der Waals surface area contributed by atoms with Crippen molar-refractivity contribution in [3.05, 3.63) is 77.0 Å². The normalized spacial score (nSPS) is 11.9. The molecule has 0 unspecified atom stereocenters. The van der Waals surface area contributed by atoms with Gasteiger partial charge in [0.25, 0.3) is 0 Å². The van der Waals surface area contributed by atoms with Crippen molar-refractivity contribution in [2.45, 2.75) is 25.3 Å². The van der Waals surface area contributed by atoms with Gasteiger partial charge in [-0.2, -0.15) is 4.31 Å². The van der Waals surface area contributed by atoms with E-state index < -0.39 is 16.0 Å². The average molecular weight is 475 g/mol. The van der Waals surface area contributed by atoms with Gasteiger partial charge < -0.3 is 9.26 Å². The first-order valence-corrected chi connectivity index (χ1v) is 11.8. The molecule has 0 radical (unpaired) electrons. The van der Waals surface area contributed by atoms with Gasteiger partial charge in [0, 0.05) is 35.8 Å². The Labute approximate surface area is 192 Å². The molecule has 7 nitrogen and oxygen atoms in total. The topological polar surface area (TPSA) is 89.7 Å². The SMILES string of the molecule is CCN(CC)S(=O)(=O)c1ccc(/C=C/C(=O)OCc2cc(-c3ccc(Cl)cc3)no2)cc1. The van der Waals surface area contributed by atoms with E-state index in [1.807, 2.05) is 12.1 Å². The summed E-state index contributed by atoms with van der Waals surface area (Å²) in [6.07, 6.45) is 2.82. The maximum Gasteiger partial charge on any atom is 0.331 e. The number of halogens is 1. The van der Waals surface area contributed by atoms with Crippen LogP contribution in [0.25, 0.3) is 17.3 Å². The zero-order chi connectivity index (χ0) is 23.1. The van der Waals surface area contributed by atoms with Gasteiger partial charge in [-0.15, -0.1) is 0 Å². The number of carbonyl (C=O) groups excluding carboxylic acids is 1. The lowest BCUT2D eigenvalue weighted by Gasteiger charge is -2.18. The van der Waals surface area contributed by atoms with Crippen molar-refractivity contribution in [2.75, 3.05) is 13.1 Å². The molecule has 0 saturated carbocycles. The van der Waals surface area contributed by atoms with Gasteiger partial charge in [0.15, 0.2) is 12.4 Å². The number of carbonyl (C=O) groups is 1. The van der Waals surface area contributed by atoms with Gasteiger partial charge in [-0.25, -0.2) is 13.2 Å². The number of benzene rings is 2. The highest BCUT2D eigenvalue weighted by atomic mass is 35.5. The first-order valence-electron chi connectivity index (χ1n) is 10.00. The summed E-state index contributed by atoms with van der Waals surface area (Å²) in [5, 5.41) is 4.58. The van der Waals surface area contributed by atoms with Crippen LogP contribution in [0.1, 0.15) is 25.2 Å². The van der Waals surface area contributed by atoms with Crippen LogP contribution in [0.2, 0.25) is 5.02 Å². The predicted molar refractivity (Wildman–Crippen MR) is 122 cm³/mol.